The van der Waals surface area contributed by atoms with Gasteiger partial charge in [0, 0.05) is 10.8 Å². The summed E-state index contributed by atoms with van der Waals surface area (Å²) >= 11 is 0. The van der Waals surface area contributed by atoms with Crippen LogP contribution in [0, 0.1) is 0 Å². The molecule has 0 saturated carbocycles. The average Bonchev–Trinajstić information content (AvgIpc) is 2.97. The zero-order valence-corrected chi connectivity index (χ0v) is 26.1. The van der Waals surface area contributed by atoms with Gasteiger partial charge < -0.3 is 8.39 Å². The van der Waals surface area contributed by atoms with E-state index in [9.17, 15) is 21.6 Å². The molecule has 5 aromatic rings. The molecular formula is C27H29F3NO4PSSi2. The predicted octanol–water partition coefficient (Wildman–Crippen LogP) is 8.08. The van der Waals surface area contributed by atoms with E-state index in [2.05, 4.69) is 39.3 Å². The second-order valence-electron chi connectivity index (χ2n) is 11.7. The Morgan fingerprint density at radius 2 is 1.10 bits per heavy atom. The van der Waals surface area contributed by atoms with Crippen molar-refractivity contribution in [1.82, 2.24) is 0 Å². The third kappa shape index (κ3) is 4.95. The molecule has 1 N–H and O–H groups in total. The van der Waals surface area contributed by atoms with Gasteiger partial charge in [0.2, 0.25) is 0 Å². The number of nitrogens with one attached hydrogen (secondary N) is 1. The monoisotopic (exact) mass is 607 g/mol. The number of alkyl halides is 3. The highest BCUT2D eigenvalue weighted by Gasteiger charge is 2.47. The van der Waals surface area contributed by atoms with E-state index in [0.717, 1.165) is 31.9 Å². The van der Waals surface area contributed by atoms with Gasteiger partial charge in [0.25, 0.3) is 0 Å². The first-order valence-electron chi connectivity index (χ1n) is 12.4. The summed E-state index contributed by atoms with van der Waals surface area (Å²) in [7, 11) is -12.9. The number of sulfonamides is 1. The first-order chi connectivity index (χ1) is 18.0. The Morgan fingerprint density at radius 3 is 1.46 bits per heavy atom. The quantitative estimate of drug-likeness (QED) is 0.210. The molecule has 206 valence electrons. The molecule has 0 aliphatic rings. The summed E-state index contributed by atoms with van der Waals surface area (Å²) in [6.45, 7) is 12.7. The molecule has 0 spiro atoms. The third-order valence-electron chi connectivity index (χ3n) is 6.72. The molecule has 0 saturated heterocycles. The molecule has 12 heteroatoms. The molecular weight excluding hydrogens is 579 g/mol. The fourth-order valence-electron chi connectivity index (χ4n) is 4.83. The molecule has 0 atom stereocenters. The van der Waals surface area contributed by atoms with Crippen molar-refractivity contribution in [3.8, 4) is 0 Å². The van der Waals surface area contributed by atoms with Gasteiger partial charge >= 0.3 is 23.7 Å². The van der Waals surface area contributed by atoms with Crippen molar-refractivity contribution in [3.05, 3.63) is 60.7 Å². The number of benzene rings is 4. The number of rotatable bonds is 4. The minimum atomic E-state index is -5.75. The summed E-state index contributed by atoms with van der Waals surface area (Å²) in [5.74, 6) is 0. The highest BCUT2D eigenvalue weighted by Crippen LogP contribution is 2.41. The van der Waals surface area contributed by atoms with Crippen LogP contribution < -0.4 is 14.9 Å². The van der Waals surface area contributed by atoms with Crippen molar-refractivity contribution in [2.75, 3.05) is 4.49 Å². The molecule has 5 rings (SSSR count). The van der Waals surface area contributed by atoms with E-state index in [1.165, 1.54) is 0 Å². The van der Waals surface area contributed by atoms with Crippen molar-refractivity contribution >= 4 is 88.2 Å². The van der Waals surface area contributed by atoms with Gasteiger partial charge in [-0.25, -0.2) is 8.42 Å². The van der Waals surface area contributed by atoms with Crippen LogP contribution in [0.2, 0.25) is 39.3 Å². The average molecular weight is 608 g/mol. The fourth-order valence-corrected chi connectivity index (χ4v) is 10.1. The van der Waals surface area contributed by atoms with Gasteiger partial charge in [-0.1, -0.05) is 99.9 Å². The molecule has 0 fully saturated rings. The van der Waals surface area contributed by atoms with Gasteiger partial charge in [0.05, 0.1) is 16.1 Å². The molecule has 0 bridgehead atoms. The van der Waals surface area contributed by atoms with Crippen LogP contribution in [-0.4, -0.2) is 30.1 Å². The Morgan fingerprint density at radius 1 is 0.718 bits per heavy atom. The van der Waals surface area contributed by atoms with Crippen molar-refractivity contribution in [3.63, 3.8) is 0 Å². The molecule has 5 nitrogen and oxygen atoms in total. The van der Waals surface area contributed by atoms with Gasteiger partial charge in [-0.2, -0.15) is 13.2 Å². The summed E-state index contributed by atoms with van der Waals surface area (Å²) < 4.78 is 79.3. The second-order valence-corrected chi connectivity index (χ2v) is 24.8. The van der Waals surface area contributed by atoms with E-state index < -0.39 is 39.8 Å². The maximum absolute atomic E-state index is 13.5. The summed E-state index contributed by atoms with van der Waals surface area (Å²) in [5, 5.41) is 6.81. The van der Waals surface area contributed by atoms with Gasteiger partial charge in [-0.3, -0.25) is 0 Å². The minimum absolute atomic E-state index is 0.375. The molecule has 0 aliphatic carbocycles. The highest BCUT2D eigenvalue weighted by molar-refractivity contribution is 7.98. The molecule has 0 unspecified atom stereocenters. The van der Waals surface area contributed by atoms with Gasteiger partial charge in [-0.05, 0) is 31.9 Å². The van der Waals surface area contributed by atoms with E-state index in [4.69, 9.17) is 8.39 Å². The first kappa shape index (κ1) is 28.0. The first-order valence-corrected chi connectivity index (χ1v) is 22.0. The largest absolute Gasteiger partial charge is 0.512 e. The third-order valence-corrected chi connectivity index (χ3v) is 13.6. The lowest BCUT2D eigenvalue weighted by Crippen LogP contribution is -2.38. The van der Waals surface area contributed by atoms with E-state index in [1.807, 2.05) is 60.7 Å². The Kier molecular flexibility index (Phi) is 6.63. The zero-order valence-electron chi connectivity index (χ0n) is 22.4. The Labute approximate surface area is 227 Å². The number of hydrogen-bond donors (Lipinski definition) is 1. The van der Waals surface area contributed by atoms with Crippen molar-refractivity contribution < 1.29 is 30.0 Å². The van der Waals surface area contributed by atoms with Crippen LogP contribution in [0.1, 0.15) is 0 Å². The fraction of sp³-hybridized carbons (Fsp3) is 0.259. The smallest absolute Gasteiger partial charge is 0.407 e. The van der Waals surface area contributed by atoms with Crippen LogP contribution in [0.3, 0.4) is 0 Å². The Bertz CT molecular complexity index is 1810. The molecule has 0 aliphatic heterocycles. The maximum Gasteiger partial charge on any atom is 0.512 e. The maximum atomic E-state index is 13.5. The normalized spacial score (nSPS) is 13.6. The van der Waals surface area contributed by atoms with Crippen molar-refractivity contribution in [1.29, 1.82) is 0 Å². The SMILES string of the molecule is C[Si](C)(C)c1cc2ccccc2c2c1op(NS(=O)(=O)C(F)(F)F)oc1c([Si](C)(C)C)cc3ccccc3c12. The number of hydrogen-bond acceptors (Lipinski definition) is 4. The molecule has 0 amide bonds. The van der Waals surface area contributed by atoms with Crippen molar-refractivity contribution in [2.45, 2.75) is 44.8 Å². The van der Waals surface area contributed by atoms with Gasteiger partial charge in [0.1, 0.15) is 11.2 Å². The molecule has 1 aromatic heterocycles. The second kappa shape index (κ2) is 9.24. The highest BCUT2D eigenvalue weighted by atomic mass is 32.2. The van der Waals surface area contributed by atoms with E-state index in [1.54, 1.807) is 4.49 Å². The van der Waals surface area contributed by atoms with Gasteiger partial charge in [0.15, 0.2) is 0 Å². The Balaban J connectivity index is 2.17. The summed E-state index contributed by atoms with van der Waals surface area (Å²) in [4.78, 5) is 0. The molecule has 39 heavy (non-hydrogen) atoms. The number of halogens is 3. The molecule has 0 radical (unpaired) electrons. The van der Waals surface area contributed by atoms with Gasteiger partial charge in [-0.15, -0.1) is 4.49 Å². The van der Waals surface area contributed by atoms with E-state index >= 15 is 0 Å². The van der Waals surface area contributed by atoms with E-state index in [0.29, 0.717) is 21.9 Å². The zero-order chi connectivity index (χ0) is 28.5. The minimum Gasteiger partial charge on any atom is -0.407 e. The summed E-state index contributed by atoms with van der Waals surface area (Å²) in [6.07, 6.45) is 0. The van der Waals surface area contributed by atoms with Crippen molar-refractivity contribution in [2.24, 2.45) is 0 Å². The van der Waals surface area contributed by atoms with E-state index in [-0.39, 0.29) is 0 Å². The van der Waals surface area contributed by atoms with Crippen LogP contribution >= 0.6 is 8.16 Å². The topological polar surface area (TPSA) is 72.5 Å². The number of fused-ring (bicyclic) bond motifs is 7. The lowest BCUT2D eigenvalue weighted by Gasteiger charge is -2.20. The molecule has 1 heterocycles. The van der Waals surface area contributed by atoms with Crippen LogP contribution in [0.15, 0.2) is 69.1 Å². The lowest BCUT2D eigenvalue weighted by atomic mass is 9.98. The van der Waals surface area contributed by atoms with Crippen LogP contribution in [0.4, 0.5) is 13.2 Å². The summed E-state index contributed by atoms with van der Waals surface area (Å²) in [5.41, 5.74) is -4.77. The summed E-state index contributed by atoms with van der Waals surface area (Å²) in [6, 6.07) is 19.6. The molecule has 4 aromatic carbocycles. The predicted molar refractivity (Wildman–Crippen MR) is 162 cm³/mol. The Hall–Kier alpha value is -2.57. The van der Waals surface area contributed by atoms with Crippen LogP contribution in [-0.2, 0) is 10.0 Å². The van der Waals surface area contributed by atoms with Crippen LogP contribution in [0.25, 0.3) is 43.5 Å². The standard InChI is InChI=1S/C27H29F3NO4PSSi2/c1-38(2,3)21-15-17-11-7-9-13-19(17)23-24-20-14-10-8-12-18(20)16-22(39(4,5)6)26(24)35-36(34-25(21)23)31-37(32,33)27(28,29)30/h7-16,31H,1-6H3. The lowest BCUT2D eigenvalue weighted by molar-refractivity contribution is -0.0428. The van der Waals surface area contributed by atoms with Crippen LogP contribution in [0.5, 0.6) is 0 Å².